The molecule has 0 heterocycles. The van der Waals surface area contributed by atoms with Gasteiger partial charge in [0.2, 0.25) is 0 Å². The smallest absolute Gasteiger partial charge is 0.127 e. The van der Waals surface area contributed by atoms with Crippen LogP contribution in [0.1, 0.15) is 6.92 Å². The molecular weight excluding hydrogens is 362 g/mol. The molecular formula is C18H23BrClNO. The van der Waals surface area contributed by atoms with Crippen LogP contribution in [0.15, 0.2) is 48.5 Å². The summed E-state index contributed by atoms with van der Waals surface area (Å²) >= 11 is 6.14. The Kier molecular flexibility index (Phi) is 7.94. The van der Waals surface area contributed by atoms with E-state index >= 15 is 0 Å². The van der Waals surface area contributed by atoms with E-state index in [1.54, 1.807) is 0 Å². The van der Waals surface area contributed by atoms with Gasteiger partial charge in [0.25, 0.3) is 0 Å². The predicted octanol–water partition coefficient (Wildman–Crippen LogP) is 5.16. The van der Waals surface area contributed by atoms with Gasteiger partial charge in [-0.25, -0.2) is 0 Å². The summed E-state index contributed by atoms with van der Waals surface area (Å²) in [4.78, 5) is 2.17. The minimum Gasteiger partial charge on any atom is -0.493 e. The molecule has 2 nitrogen and oxygen atoms in total. The second-order valence-corrected chi connectivity index (χ2v) is 6.12. The zero-order chi connectivity index (χ0) is 15.2. The highest BCUT2D eigenvalue weighted by Crippen LogP contribution is 2.32. The van der Waals surface area contributed by atoms with Crippen molar-refractivity contribution < 1.29 is 4.74 Å². The van der Waals surface area contributed by atoms with Crippen molar-refractivity contribution in [2.75, 3.05) is 27.2 Å². The largest absolute Gasteiger partial charge is 0.493 e. The third-order valence-corrected chi connectivity index (χ3v) is 3.46. The van der Waals surface area contributed by atoms with Crippen LogP contribution in [0, 0.1) is 5.92 Å². The normalized spacial score (nSPS) is 11.9. The van der Waals surface area contributed by atoms with E-state index in [-0.39, 0.29) is 17.0 Å². The van der Waals surface area contributed by atoms with E-state index in [9.17, 15) is 0 Å². The van der Waals surface area contributed by atoms with Crippen LogP contribution in [0.5, 0.6) is 5.75 Å². The Morgan fingerprint density at radius 2 is 1.77 bits per heavy atom. The SMILES string of the molecule is Br.CC(COc1ccc(Cl)cc1-c1ccccc1)CN(C)C. The van der Waals surface area contributed by atoms with Crippen LogP contribution in [0.2, 0.25) is 5.02 Å². The Hall–Kier alpha value is -1.03. The second-order valence-electron chi connectivity index (χ2n) is 5.68. The topological polar surface area (TPSA) is 12.5 Å². The van der Waals surface area contributed by atoms with E-state index in [1.165, 1.54) is 0 Å². The van der Waals surface area contributed by atoms with Gasteiger partial charge in [0.1, 0.15) is 5.75 Å². The Balaban J connectivity index is 0.00000242. The summed E-state index contributed by atoms with van der Waals surface area (Å²) in [6.45, 7) is 3.89. The van der Waals surface area contributed by atoms with Crippen molar-refractivity contribution in [2.45, 2.75) is 6.92 Å². The van der Waals surface area contributed by atoms with Gasteiger partial charge in [-0.3, -0.25) is 0 Å². The van der Waals surface area contributed by atoms with Gasteiger partial charge in [0, 0.05) is 23.0 Å². The molecule has 22 heavy (non-hydrogen) atoms. The Bertz CT molecular complexity index is 575. The summed E-state index contributed by atoms with van der Waals surface area (Å²) in [5.41, 5.74) is 2.16. The quantitative estimate of drug-likeness (QED) is 0.682. The van der Waals surface area contributed by atoms with Gasteiger partial charge in [-0.2, -0.15) is 0 Å². The number of ether oxygens (including phenoxy) is 1. The van der Waals surface area contributed by atoms with Crippen LogP contribution in [0.3, 0.4) is 0 Å². The molecule has 2 aromatic carbocycles. The highest BCUT2D eigenvalue weighted by molar-refractivity contribution is 8.93. The van der Waals surface area contributed by atoms with Gasteiger partial charge in [-0.15, -0.1) is 17.0 Å². The maximum absolute atomic E-state index is 6.14. The summed E-state index contributed by atoms with van der Waals surface area (Å²) in [5, 5.41) is 0.725. The van der Waals surface area contributed by atoms with E-state index < -0.39 is 0 Å². The van der Waals surface area contributed by atoms with Crippen molar-refractivity contribution in [2.24, 2.45) is 5.92 Å². The van der Waals surface area contributed by atoms with Gasteiger partial charge in [0.15, 0.2) is 0 Å². The van der Waals surface area contributed by atoms with Crippen LogP contribution >= 0.6 is 28.6 Å². The van der Waals surface area contributed by atoms with Crippen molar-refractivity contribution in [3.63, 3.8) is 0 Å². The summed E-state index contributed by atoms with van der Waals surface area (Å²) < 4.78 is 6.02. The van der Waals surface area contributed by atoms with Crippen molar-refractivity contribution in [3.8, 4) is 16.9 Å². The first-order chi connectivity index (χ1) is 10.1. The van der Waals surface area contributed by atoms with Gasteiger partial charge >= 0.3 is 0 Å². The van der Waals surface area contributed by atoms with Gasteiger partial charge < -0.3 is 9.64 Å². The average molecular weight is 385 g/mol. The fraction of sp³-hybridized carbons (Fsp3) is 0.333. The third kappa shape index (κ3) is 5.64. The van der Waals surface area contributed by atoms with Crippen LogP contribution in [0.25, 0.3) is 11.1 Å². The summed E-state index contributed by atoms with van der Waals surface area (Å²) in [6, 6.07) is 16.0. The predicted molar refractivity (Wildman–Crippen MR) is 100 cm³/mol. The number of halogens is 2. The number of hydrogen-bond acceptors (Lipinski definition) is 2. The number of rotatable bonds is 6. The molecule has 0 radical (unpaired) electrons. The number of hydrogen-bond donors (Lipinski definition) is 0. The minimum absolute atomic E-state index is 0. The fourth-order valence-corrected chi connectivity index (χ4v) is 2.55. The molecule has 120 valence electrons. The molecule has 0 aliphatic rings. The standard InChI is InChI=1S/C18H22ClNO.BrH/c1-14(12-20(2)3)13-21-18-10-9-16(19)11-17(18)15-7-5-4-6-8-15;/h4-11,14H,12-13H2,1-3H3;1H. The molecule has 0 amide bonds. The molecule has 2 aromatic rings. The third-order valence-electron chi connectivity index (χ3n) is 3.23. The molecule has 0 N–H and O–H groups in total. The molecule has 0 bridgehead atoms. The second kappa shape index (κ2) is 9.19. The lowest BCUT2D eigenvalue weighted by Gasteiger charge is -2.19. The molecule has 0 fully saturated rings. The Labute approximate surface area is 148 Å². The van der Waals surface area contributed by atoms with Crippen molar-refractivity contribution in [3.05, 3.63) is 53.6 Å². The zero-order valence-electron chi connectivity index (χ0n) is 13.3. The number of benzene rings is 2. The lowest BCUT2D eigenvalue weighted by Crippen LogP contribution is -2.24. The lowest BCUT2D eigenvalue weighted by atomic mass is 10.0. The molecule has 1 atom stereocenters. The molecule has 2 rings (SSSR count). The lowest BCUT2D eigenvalue weighted by molar-refractivity contribution is 0.223. The molecule has 1 unspecified atom stereocenters. The van der Waals surface area contributed by atoms with Gasteiger partial charge in [0.05, 0.1) is 6.61 Å². The maximum atomic E-state index is 6.14. The molecule has 0 aliphatic heterocycles. The molecule has 4 heteroatoms. The van der Waals surface area contributed by atoms with Crippen molar-refractivity contribution >= 4 is 28.6 Å². The van der Waals surface area contributed by atoms with Crippen LogP contribution in [-0.4, -0.2) is 32.1 Å². The summed E-state index contributed by atoms with van der Waals surface area (Å²) in [5.74, 6) is 1.36. The monoisotopic (exact) mass is 383 g/mol. The van der Waals surface area contributed by atoms with Gasteiger partial charge in [-0.05, 0) is 37.9 Å². The molecule has 0 spiro atoms. The Morgan fingerprint density at radius 3 is 2.41 bits per heavy atom. The van der Waals surface area contributed by atoms with Gasteiger partial charge in [-0.1, -0.05) is 48.9 Å². The van der Waals surface area contributed by atoms with E-state index in [0.717, 1.165) is 28.4 Å². The first kappa shape index (κ1) is 19.0. The van der Waals surface area contributed by atoms with Crippen molar-refractivity contribution in [1.82, 2.24) is 4.90 Å². The minimum atomic E-state index is 0. The molecule has 0 aromatic heterocycles. The molecule has 0 aliphatic carbocycles. The fourth-order valence-electron chi connectivity index (χ4n) is 2.38. The Morgan fingerprint density at radius 1 is 1.09 bits per heavy atom. The number of nitrogens with zero attached hydrogens (tertiary/aromatic N) is 1. The van der Waals surface area contributed by atoms with Crippen molar-refractivity contribution in [1.29, 1.82) is 0 Å². The molecule has 0 saturated heterocycles. The summed E-state index contributed by atoms with van der Waals surface area (Å²) in [7, 11) is 4.16. The highest BCUT2D eigenvalue weighted by atomic mass is 79.9. The highest BCUT2D eigenvalue weighted by Gasteiger charge is 2.10. The summed E-state index contributed by atoms with van der Waals surface area (Å²) in [6.07, 6.45) is 0. The van der Waals surface area contributed by atoms with Crippen LogP contribution in [0.4, 0.5) is 0 Å². The van der Waals surface area contributed by atoms with E-state index in [0.29, 0.717) is 12.5 Å². The zero-order valence-corrected chi connectivity index (χ0v) is 15.7. The van der Waals surface area contributed by atoms with Crippen LogP contribution < -0.4 is 4.74 Å². The average Bonchev–Trinajstić information content (AvgIpc) is 2.46. The van der Waals surface area contributed by atoms with Crippen LogP contribution in [-0.2, 0) is 0 Å². The first-order valence-electron chi connectivity index (χ1n) is 7.19. The van der Waals surface area contributed by atoms with E-state index in [4.69, 9.17) is 16.3 Å². The first-order valence-corrected chi connectivity index (χ1v) is 7.56. The molecule has 0 saturated carbocycles. The van der Waals surface area contributed by atoms with E-state index in [1.807, 2.05) is 36.4 Å². The van der Waals surface area contributed by atoms with E-state index in [2.05, 4.69) is 38.1 Å². The maximum Gasteiger partial charge on any atom is 0.127 e.